The number of carbonyl (C=O) groups is 1. The molecule has 0 bridgehead atoms. The van der Waals surface area contributed by atoms with Gasteiger partial charge in [-0.2, -0.15) is 0 Å². The summed E-state index contributed by atoms with van der Waals surface area (Å²) in [6.07, 6.45) is 3.24. The number of thiazole rings is 1. The molecule has 3 atom stereocenters. The van der Waals surface area contributed by atoms with Crippen LogP contribution in [0.4, 0.5) is 0 Å². The van der Waals surface area contributed by atoms with Crippen LogP contribution in [0, 0.1) is 17.8 Å². The van der Waals surface area contributed by atoms with Crippen LogP contribution in [0.5, 0.6) is 0 Å². The predicted molar refractivity (Wildman–Crippen MR) is 80.7 cm³/mol. The Balaban J connectivity index is 1.66. The van der Waals surface area contributed by atoms with Gasteiger partial charge >= 0.3 is 0 Å². The minimum atomic E-state index is 0.0952. The molecule has 1 aliphatic carbocycles. The van der Waals surface area contributed by atoms with Crippen molar-refractivity contribution in [2.24, 2.45) is 23.5 Å². The average Bonchev–Trinajstić information content (AvgIpc) is 3.06. The minimum absolute atomic E-state index is 0.0952. The van der Waals surface area contributed by atoms with Crippen LogP contribution in [0.1, 0.15) is 42.2 Å². The normalized spacial score (nSPS) is 29.2. The lowest BCUT2D eigenvalue weighted by Crippen LogP contribution is -2.33. The molecule has 1 aromatic heterocycles. The lowest BCUT2D eigenvalue weighted by molar-refractivity contribution is 0.0774. The molecule has 2 fully saturated rings. The topological polar surface area (TPSA) is 59.2 Å². The Labute approximate surface area is 124 Å². The van der Waals surface area contributed by atoms with Gasteiger partial charge in [0.1, 0.15) is 5.69 Å². The highest BCUT2D eigenvalue weighted by Gasteiger charge is 2.42. The summed E-state index contributed by atoms with van der Waals surface area (Å²) >= 11 is 1.60. The molecule has 0 aromatic carbocycles. The van der Waals surface area contributed by atoms with Crippen LogP contribution >= 0.6 is 11.3 Å². The van der Waals surface area contributed by atoms with Crippen molar-refractivity contribution in [1.82, 2.24) is 9.88 Å². The lowest BCUT2D eigenvalue weighted by Gasteiger charge is -2.17. The Morgan fingerprint density at radius 1 is 1.50 bits per heavy atom. The van der Waals surface area contributed by atoms with E-state index in [2.05, 4.69) is 18.8 Å². The molecule has 1 saturated heterocycles. The first kappa shape index (κ1) is 14.0. The zero-order valence-electron chi connectivity index (χ0n) is 12.2. The van der Waals surface area contributed by atoms with Crippen molar-refractivity contribution >= 4 is 17.2 Å². The van der Waals surface area contributed by atoms with Gasteiger partial charge in [0, 0.05) is 30.9 Å². The van der Waals surface area contributed by atoms with Gasteiger partial charge in [0.15, 0.2) is 0 Å². The summed E-state index contributed by atoms with van der Waals surface area (Å²) in [5, 5.41) is 2.98. The zero-order chi connectivity index (χ0) is 14.3. The van der Waals surface area contributed by atoms with E-state index in [1.54, 1.807) is 11.3 Å². The van der Waals surface area contributed by atoms with E-state index in [9.17, 15) is 4.79 Å². The van der Waals surface area contributed by atoms with E-state index >= 15 is 0 Å². The maximum atomic E-state index is 12.5. The first-order valence-electron chi connectivity index (χ1n) is 7.54. The summed E-state index contributed by atoms with van der Waals surface area (Å²) in [5.41, 5.74) is 6.75. The number of hydrogen-bond donors (Lipinski definition) is 1. The highest BCUT2D eigenvalue weighted by Crippen LogP contribution is 2.37. The number of aromatic nitrogens is 1. The maximum absolute atomic E-state index is 12.5. The van der Waals surface area contributed by atoms with E-state index < -0.39 is 0 Å². The van der Waals surface area contributed by atoms with E-state index in [4.69, 9.17) is 5.73 Å². The molecule has 2 N–H and O–H groups in total. The monoisotopic (exact) mass is 293 g/mol. The number of carbonyl (C=O) groups excluding carboxylic acids is 1. The molecular weight excluding hydrogens is 270 g/mol. The molecule has 2 heterocycles. The number of nitrogens with two attached hydrogens (primary N) is 1. The fraction of sp³-hybridized carbons (Fsp3) is 0.733. The maximum Gasteiger partial charge on any atom is 0.273 e. The Morgan fingerprint density at radius 2 is 2.30 bits per heavy atom. The summed E-state index contributed by atoms with van der Waals surface area (Å²) < 4.78 is 0. The molecule has 20 heavy (non-hydrogen) atoms. The van der Waals surface area contributed by atoms with Gasteiger partial charge in [-0.3, -0.25) is 4.79 Å². The molecular formula is C15H23N3OS. The second-order valence-corrected chi connectivity index (χ2v) is 7.54. The number of fused-ring (bicyclic) bond motifs is 1. The number of rotatable bonds is 3. The number of amides is 1. The van der Waals surface area contributed by atoms with Gasteiger partial charge in [0.2, 0.25) is 0 Å². The fourth-order valence-corrected chi connectivity index (χ4v) is 4.47. The molecule has 5 heteroatoms. The van der Waals surface area contributed by atoms with E-state index in [0.29, 0.717) is 23.4 Å². The second-order valence-electron chi connectivity index (χ2n) is 6.60. The summed E-state index contributed by atoms with van der Waals surface area (Å²) in [7, 11) is 0. The van der Waals surface area contributed by atoms with Gasteiger partial charge in [-0.05, 0) is 30.6 Å². The quantitative estimate of drug-likeness (QED) is 0.929. The molecule has 2 aliphatic rings. The number of nitrogens with zero attached hydrogens (tertiary/aromatic N) is 2. The van der Waals surface area contributed by atoms with Crippen LogP contribution < -0.4 is 5.73 Å². The Kier molecular flexibility index (Phi) is 3.82. The molecule has 110 valence electrons. The molecule has 1 aliphatic heterocycles. The standard InChI is InChI=1S/C15H23N3OS/c1-9(2)5-14-17-13(8-20-14)15(19)18-6-10-3-4-12(16)11(10)7-18/h8-12H,3-7,16H2,1-2H3. The van der Waals surface area contributed by atoms with Crippen molar-refractivity contribution in [2.45, 2.75) is 39.2 Å². The zero-order valence-corrected chi connectivity index (χ0v) is 13.0. The minimum Gasteiger partial charge on any atom is -0.337 e. The van der Waals surface area contributed by atoms with E-state index in [-0.39, 0.29) is 11.9 Å². The van der Waals surface area contributed by atoms with Crippen LogP contribution in [0.2, 0.25) is 0 Å². The van der Waals surface area contributed by atoms with Crippen molar-refractivity contribution in [3.63, 3.8) is 0 Å². The van der Waals surface area contributed by atoms with Gasteiger partial charge in [-0.25, -0.2) is 4.98 Å². The molecule has 4 nitrogen and oxygen atoms in total. The Morgan fingerprint density at radius 3 is 3.00 bits per heavy atom. The third-order valence-electron chi connectivity index (χ3n) is 4.55. The summed E-state index contributed by atoms with van der Waals surface area (Å²) in [6, 6.07) is 0.282. The van der Waals surface area contributed by atoms with Crippen molar-refractivity contribution in [3.05, 3.63) is 16.1 Å². The first-order chi connectivity index (χ1) is 9.54. The highest BCUT2D eigenvalue weighted by molar-refractivity contribution is 7.09. The molecule has 1 amide bonds. The summed E-state index contributed by atoms with van der Waals surface area (Å²) in [4.78, 5) is 19.0. The van der Waals surface area contributed by atoms with Gasteiger partial charge < -0.3 is 10.6 Å². The third kappa shape index (κ3) is 2.61. The first-order valence-corrected chi connectivity index (χ1v) is 8.42. The molecule has 3 rings (SSSR count). The van der Waals surface area contributed by atoms with Crippen LogP contribution in [-0.4, -0.2) is 34.9 Å². The predicted octanol–water partition coefficient (Wildman–Crippen LogP) is 2.15. The molecule has 1 aromatic rings. The van der Waals surface area contributed by atoms with E-state index in [0.717, 1.165) is 30.9 Å². The Bertz CT molecular complexity index is 499. The van der Waals surface area contributed by atoms with Crippen LogP contribution in [0.15, 0.2) is 5.38 Å². The largest absolute Gasteiger partial charge is 0.337 e. The van der Waals surface area contributed by atoms with Crippen molar-refractivity contribution in [1.29, 1.82) is 0 Å². The number of likely N-dealkylation sites (tertiary alicyclic amines) is 1. The molecule has 0 spiro atoms. The SMILES string of the molecule is CC(C)Cc1nc(C(=O)N2CC3CCC(N)C3C2)cs1. The van der Waals surface area contributed by atoms with E-state index in [1.165, 1.54) is 6.42 Å². The van der Waals surface area contributed by atoms with Gasteiger partial charge in [0.25, 0.3) is 5.91 Å². The summed E-state index contributed by atoms with van der Waals surface area (Å²) in [6.45, 7) is 6.04. The van der Waals surface area contributed by atoms with Crippen molar-refractivity contribution in [3.8, 4) is 0 Å². The second kappa shape index (κ2) is 5.45. The molecule has 3 unspecified atom stereocenters. The average molecular weight is 293 g/mol. The van der Waals surface area contributed by atoms with Crippen LogP contribution in [0.25, 0.3) is 0 Å². The molecule has 0 radical (unpaired) electrons. The number of hydrogen-bond acceptors (Lipinski definition) is 4. The van der Waals surface area contributed by atoms with Gasteiger partial charge in [-0.15, -0.1) is 11.3 Å². The third-order valence-corrected chi connectivity index (χ3v) is 5.42. The van der Waals surface area contributed by atoms with Crippen LogP contribution in [0.3, 0.4) is 0 Å². The fourth-order valence-electron chi connectivity index (χ4n) is 3.49. The summed E-state index contributed by atoms with van der Waals surface area (Å²) in [5.74, 6) is 1.79. The molecule has 1 saturated carbocycles. The lowest BCUT2D eigenvalue weighted by atomic mass is 9.98. The van der Waals surface area contributed by atoms with Crippen molar-refractivity contribution in [2.75, 3.05) is 13.1 Å². The Hall–Kier alpha value is -0.940. The van der Waals surface area contributed by atoms with Gasteiger partial charge in [0.05, 0.1) is 5.01 Å². The smallest absolute Gasteiger partial charge is 0.273 e. The van der Waals surface area contributed by atoms with Crippen molar-refractivity contribution < 1.29 is 4.79 Å². The highest BCUT2D eigenvalue weighted by atomic mass is 32.1. The van der Waals surface area contributed by atoms with Crippen LogP contribution in [-0.2, 0) is 6.42 Å². The van der Waals surface area contributed by atoms with Gasteiger partial charge in [-0.1, -0.05) is 13.8 Å². The van der Waals surface area contributed by atoms with E-state index in [1.807, 2.05) is 10.3 Å².